The van der Waals surface area contributed by atoms with Crippen LogP contribution in [0.5, 0.6) is 0 Å². The van der Waals surface area contributed by atoms with Crippen molar-refractivity contribution in [3.8, 4) is 0 Å². The van der Waals surface area contributed by atoms with Crippen LogP contribution in [0.1, 0.15) is 17.3 Å². The van der Waals surface area contributed by atoms with Gasteiger partial charge in [-0.2, -0.15) is 0 Å². The van der Waals surface area contributed by atoms with Gasteiger partial charge in [-0.3, -0.25) is 0 Å². The van der Waals surface area contributed by atoms with E-state index in [2.05, 4.69) is 0 Å². The van der Waals surface area contributed by atoms with E-state index in [9.17, 15) is 9.90 Å². The Kier molecular flexibility index (Phi) is 6.27. The quantitative estimate of drug-likeness (QED) is 0.570. The van der Waals surface area contributed by atoms with E-state index in [4.69, 9.17) is 15.2 Å². The Balaban J connectivity index is 2.95. The molecule has 0 aromatic heterocycles. The normalized spacial score (nSPS) is 12.0. The first-order valence-electron chi connectivity index (χ1n) is 6.44. The number of aliphatic hydroxyl groups is 1. The molecule has 1 rings (SSSR count). The van der Waals surface area contributed by atoms with E-state index in [1.807, 2.05) is 0 Å². The van der Waals surface area contributed by atoms with Crippen LogP contribution >= 0.6 is 0 Å². The van der Waals surface area contributed by atoms with Crippen LogP contribution in [0.15, 0.2) is 18.2 Å². The second kappa shape index (κ2) is 7.72. The Bertz CT molecular complexity index is 451. The van der Waals surface area contributed by atoms with Gasteiger partial charge in [-0.25, -0.2) is 4.79 Å². The monoisotopic (exact) mass is 282 g/mol. The molecule has 1 atom stereocenters. The zero-order valence-corrected chi connectivity index (χ0v) is 12.1. The van der Waals surface area contributed by atoms with Gasteiger partial charge in [0.15, 0.2) is 0 Å². The van der Waals surface area contributed by atoms with Crippen LogP contribution in [0.3, 0.4) is 0 Å². The maximum atomic E-state index is 11.9. The van der Waals surface area contributed by atoms with E-state index in [0.29, 0.717) is 30.1 Å². The highest BCUT2D eigenvalue weighted by Gasteiger charge is 2.17. The van der Waals surface area contributed by atoms with Crippen molar-refractivity contribution in [3.63, 3.8) is 0 Å². The smallest absolute Gasteiger partial charge is 0.340 e. The fourth-order valence-corrected chi connectivity index (χ4v) is 1.92. The fourth-order valence-electron chi connectivity index (χ4n) is 1.92. The van der Waals surface area contributed by atoms with Crippen molar-refractivity contribution in [2.75, 3.05) is 44.5 Å². The van der Waals surface area contributed by atoms with Gasteiger partial charge < -0.3 is 25.2 Å². The standard InChI is InChI=1S/C14H22N2O4/c1-4-20-14(18)12-7-10(15)5-6-13(12)16(2)8-11(17)9-19-3/h5-7,11,17H,4,8-9,15H2,1-3H3. The molecule has 0 radical (unpaired) electrons. The lowest BCUT2D eigenvalue weighted by Crippen LogP contribution is -2.32. The number of ether oxygens (including phenoxy) is 2. The number of nitrogens with zero attached hydrogens (tertiary/aromatic N) is 1. The van der Waals surface area contributed by atoms with Gasteiger partial charge in [0.1, 0.15) is 0 Å². The van der Waals surface area contributed by atoms with E-state index in [1.165, 1.54) is 7.11 Å². The SMILES string of the molecule is CCOC(=O)c1cc(N)ccc1N(C)CC(O)COC. The van der Waals surface area contributed by atoms with Gasteiger partial charge in [-0.15, -0.1) is 0 Å². The molecule has 0 saturated carbocycles. The van der Waals surface area contributed by atoms with Gasteiger partial charge in [-0.05, 0) is 25.1 Å². The van der Waals surface area contributed by atoms with Gasteiger partial charge >= 0.3 is 5.97 Å². The third-order valence-electron chi connectivity index (χ3n) is 2.77. The molecule has 0 bridgehead atoms. The van der Waals surface area contributed by atoms with Crippen LogP contribution in [0.4, 0.5) is 11.4 Å². The lowest BCUT2D eigenvalue weighted by molar-refractivity contribution is 0.0525. The molecule has 0 spiro atoms. The first kappa shape index (κ1) is 16.3. The minimum Gasteiger partial charge on any atom is -0.462 e. The molecule has 1 aromatic carbocycles. The summed E-state index contributed by atoms with van der Waals surface area (Å²) in [4.78, 5) is 13.7. The van der Waals surface area contributed by atoms with Crippen LogP contribution in [-0.2, 0) is 9.47 Å². The van der Waals surface area contributed by atoms with E-state index < -0.39 is 12.1 Å². The molecule has 112 valence electrons. The lowest BCUT2D eigenvalue weighted by atomic mass is 10.1. The van der Waals surface area contributed by atoms with Crippen molar-refractivity contribution >= 4 is 17.3 Å². The average Bonchev–Trinajstić information content (AvgIpc) is 2.38. The van der Waals surface area contributed by atoms with Crippen LogP contribution < -0.4 is 10.6 Å². The highest BCUT2D eigenvalue weighted by molar-refractivity contribution is 5.97. The Labute approximate surface area is 119 Å². The first-order chi connectivity index (χ1) is 9.49. The Morgan fingerprint density at radius 2 is 2.20 bits per heavy atom. The molecule has 6 heteroatoms. The number of hydrogen-bond donors (Lipinski definition) is 2. The van der Waals surface area contributed by atoms with Gasteiger partial charge in [-0.1, -0.05) is 0 Å². The first-order valence-corrected chi connectivity index (χ1v) is 6.44. The van der Waals surface area contributed by atoms with Gasteiger partial charge in [0.2, 0.25) is 0 Å². The largest absolute Gasteiger partial charge is 0.462 e. The minimum absolute atomic E-state index is 0.230. The minimum atomic E-state index is -0.641. The molecule has 20 heavy (non-hydrogen) atoms. The molecule has 0 aliphatic carbocycles. The number of carbonyl (C=O) groups is 1. The topological polar surface area (TPSA) is 85.0 Å². The maximum absolute atomic E-state index is 11.9. The number of esters is 1. The molecular formula is C14H22N2O4. The second-order valence-corrected chi connectivity index (χ2v) is 4.49. The molecule has 6 nitrogen and oxygen atoms in total. The number of carbonyl (C=O) groups excluding carboxylic acids is 1. The number of benzene rings is 1. The highest BCUT2D eigenvalue weighted by atomic mass is 16.5. The third-order valence-corrected chi connectivity index (χ3v) is 2.77. The zero-order valence-electron chi connectivity index (χ0n) is 12.1. The van der Waals surface area contributed by atoms with E-state index >= 15 is 0 Å². The Morgan fingerprint density at radius 1 is 1.50 bits per heavy atom. The summed E-state index contributed by atoms with van der Waals surface area (Å²) in [5, 5.41) is 9.76. The molecule has 0 aliphatic rings. The number of nitrogens with two attached hydrogens (primary N) is 1. The third kappa shape index (κ3) is 4.40. The van der Waals surface area contributed by atoms with Crippen molar-refractivity contribution in [1.29, 1.82) is 0 Å². The summed E-state index contributed by atoms with van der Waals surface area (Å²) in [6.07, 6.45) is -0.641. The van der Waals surface area contributed by atoms with Crippen molar-refractivity contribution in [1.82, 2.24) is 0 Å². The molecule has 0 fully saturated rings. The van der Waals surface area contributed by atoms with Gasteiger partial charge in [0, 0.05) is 26.4 Å². The highest BCUT2D eigenvalue weighted by Crippen LogP contribution is 2.23. The summed E-state index contributed by atoms with van der Waals surface area (Å²) in [7, 11) is 3.31. The average molecular weight is 282 g/mol. The summed E-state index contributed by atoms with van der Waals surface area (Å²) in [6.45, 7) is 2.61. The predicted molar refractivity (Wildman–Crippen MR) is 78.0 cm³/mol. The molecule has 1 aromatic rings. The molecular weight excluding hydrogens is 260 g/mol. The molecule has 1 unspecified atom stereocenters. The molecule has 0 amide bonds. The molecule has 0 heterocycles. The Hall–Kier alpha value is -1.79. The predicted octanol–water partition coefficient (Wildman–Crippen LogP) is 0.889. The van der Waals surface area contributed by atoms with Crippen molar-refractivity contribution in [2.24, 2.45) is 0 Å². The Morgan fingerprint density at radius 3 is 2.80 bits per heavy atom. The summed E-state index contributed by atoms with van der Waals surface area (Å²) >= 11 is 0. The number of nitrogen functional groups attached to an aromatic ring is 1. The van der Waals surface area contributed by atoms with Crippen molar-refractivity contribution in [2.45, 2.75) is 13.0 Å². The number of aliphatic hydroxyl groups excluding tert-OH is 1. The number of likely N-dealkylation sites (N-methyl/N-ethyl adjacent to an activating group) is 1. The molecule has 0 saturated heterocycles. The van der Waals surface area contributed by atoms with Crippen LogP contribution in [0.25, 0.3) is 0 Å². The summed E-state index contributed by atoms with van der Waals surface area (Å²) in [6, 6.07) is 5.02. The number of hydrogen-bond acceptors (Lipinski definition) is 6. The van der Waals surface area contributed by atoms with Crippen LogP contribution in [0, 0.1) is 0 Å². The summed E-state index contributed by atoms with van der Waals surface area (Å²) in [5.41, 5.74) is 7.25. The molecule has 0 aliphatic heterocycles. The van der Waals surface area contributed by atoms with Crippen molar-refractivity contribution in [3.05, 3.63) is 23.8 Å². The number of rotatable bonds is 7. The van der Waals surface area contributed by atoms with Gasteiger partial charge in [0.05, 0.1) is 30.6 Å². The van der Waals surface area contributed by atoms with E-state index in [-0.39, 0.29) is 6.61 Å². The van der Waals surface area contributed by atoms with Gasteiger partial charge in [0.25, 0.3) is 0 Å². The fraction of sp³-hybridized carbons (Fsp3) is 0.500. The second-order valence-electron chi connectivity index (χ2n) is 4.49. The van der Waals surface area contributed by atoms with Crippen LogP contribution in [-0.4, -0.2) is 51.1 Å². The van der Waals surface area contributed by atoms with E-state index in [1.54, 1.807) is 37.1 Å². The number of methoxy groups -OCH3 is 1. The zero-order chi connectivity index (χ0) is 15.1. The summed E-state index contributed by atoms with van der Waals surface area (Å²) in [5.74, 6) is -0.428. The van der Waals surface area contributed by atoms with Crippen LogP contribution in [0.2, 0.25) is 0 Å². The maximum Gasteiger partial charge on any atom is 0.340 e. The number of anilines is 2. The lowest BCUT2D eigenvalue weighted by Gasteiger charge is -2.24. The van der Waals surface area contributed by atoms with Crippen molar-refractivity contribution < 1.29 is 19.4 Å². The van der Waals surface area contributed by atoms with E-state index in [0.717, 1.165) is 0 Å². The summed E-state index contributed by atoms with van der Waals surface area (Å²) < 4.78 is 9.91. The molecule has 3 N–H and O–H groups in total.